The Labute approximate surface area is 132 Å². The molecule has 0 radical (unpaired) electrons. The van der Waals surface area contributed by atoms with Gasteiger partial charge in [0.25, 0.3) is 11.5 Å². The summed E-state index contributed by atoms with van der Waals surface area (Å²) in [5.74, 6) is 0.153. The summed E-state index contributed by atoms with van der Waals surface area (Å²) in [5, 5.41) is 0. The fourth-order valence-electron chi connectivity index (χ4n) is 2.92. The number of carbonyl (C=O) groups excluding carboxylic acids is 1. The second-order valence-corrected chi connectivity index (χ2v) is 5.82. The number of hydrogen-bond acceptors (Lipinski definition) is 4. The minimum absolute atomic E-state index is 0.00214. The molecule has 2 aromatic rings. The zero-order valence-electron chi connectivity index (χ0n) is 12.9. The maximum absolute atomic E-state index is 12.7. The van der Waals surface area contributed by atoms with Gasteiger partial charge < -0.3 is 14.3 Å². The Hall–Kier alpha value is -2.57. The van der Waals surface area contributed by atoms with Crippen molar-refractivity contribution in [2.45, 2.75) is 38.8 Å². The van der Waals surface area contributed by atoms with E-state index in [1.165, 1.54) is 12.5 Å². The van der Waals surface area contributed by atoms with Gasteiger partial charge in [-0.3, -0.25) is 14.2 Å². The van der Waals surface area contributed by atoms with Crippen molar-refractivity contribution in [3.8, 4) is 0 Å². The van der Waals surface area contributed by atoms with Crippen molar-refractivity contribution in [3.63, 3.8) is 0 Å². The van der Waals surface area contributed by atoms with E-state index in [0.717, 1.165) is 23.8 Å². The third kappa shape index (κ3) is 2.99. The Kier molecular flexibility index (Phi) is 4.18. The fourth-order valence-corrected chi connectivity index (χ4v) is 2.92. The van der Waals surface area contributed by atoms with Gasteiger partial charge in [0.15, 0.2) is 0 Å². The van der Waals surface area contributed by atoms with Gasteiger partial charge in [-0.25, -0.2) is 4.79 Å². The van der Waals surface area contributed by atoms with Crippen LogP contribution in [0.1, 0.15) is 42.3 Å². The number of furan rings is 1. The maximum Gasteiger partial charge on any atom is 0.328 e. The molecule has 23 heavy (non-hydrogen) atoms. The van der Waals surface area contributed by atoms with Gasteiger partial charge in [0, 0.05) is 18.8 Å². The minimum Gasteiger partial charge on any atom is -0.467 e. The SMILES string of the molecule is CC1CCCCN1C(=O)c1c[nH]c(=O)n(Cc2ccco2)c1=O. The Bertz CT molecular complexity index is 803. The predicted octanol–water partition coefficient (Wildman–Crippen LogP) is 1.19. The fraction of sp³-hybridized carbons (Fsp3) is 0.438. The van der Waals surface area contributed by atoms with Gasteiger partial charge >= 0.3 is 5.69 Å². The molecule has 1 aliphatic rings. The van der Waals surface area contributed by atoms with Gasteiger partial charge in [-0.2, -0.15) is 0 Å². The first kappa shape index (κ1) is 15.3. The third-order valence-electron chi connectivity index (χ3n) is 4.25. The first-order valence-electron chi connectivity index (χ1n) is 7.74. The van der Waals surface area contributed by atoms with Crippen LogP contribution >= 0.6 is 0 Å². The lowest BCUT2D eigenvalue weighted by molar-refractivity contribution is 0.0632. The number of aromatic nitrogens is 2. The molecule has 3 heterocycles. The highest BCUT2D eigenvalue weighted by Gasteiger charge is 2.27. The van der Waals surface area contributed by atoms with E-state index in [-0.39, 0.29) is 24.1 Å². The molecular formula is C16H19N3O4. The van der Waals surface area contributed by atoms with Gasteiger partial charge in [0.1, 0.15) is 11.3 Å². The first-order valence-corrected chi connectivity index (χ1v) is 7.74. The number of likely N-dealkylation sites (tertiary alicyclic amines) is 1. The lowest BCUT2D eigenvalue weighted by Gasteiger charge is -2.33. The molecular weight excluding hydrogens is 298 g/mol. The maximum atomic E-state index is 12.7. The lowest BCUT2D eigenvalue weighted by Crippen LogP contribution is -2.46. The summed E-state index contributed by atoms with van der Waals surface area (Å²) in [4.78, 5) is 41.3. The van der Waals surface area contributed by atoms with E-state index in [0.29, 0.717) is 12.3 Å². The molecule has 7 heteroatoms. The van der Waals surface area contributed by atoms with Crippen LogP contribution in [0, 0.1) is 0 Å². The molecule has 3 rings (SSSR count). The number of H-pyrrole nitrogens is 1. The van der Waals surface area contributed by atoms with E-state index in [1.807, 2.05) is 6.92 Å². The number of carbonyl (C=O) groups is 1. The standard InChI is InChI=1S/C16H19N3O4/c1-11-5-2-3-7-18(11)14(20)13-9-17-16(22)19(15(13)21)10-12-6-4-8-23-12/h4,6,8-9,11H,2-3,5,7,10H2,1H3,(H,17,22). The van der Waals surface area contributed by atoms with Crippen LogP contribution < -0.4 is 11.2 Å². The average molecular weight is 317 g/mol. The molecule has 1 aliphatic heterocycles. The van der Waals surface area contributed by atoms with Crippen molar-refractivity contribution < 1.29 is 9.21 Å². The highest BCUT2D eigenvalue weighted by Crippen LogP contribution is 2.17. The smallest absolute Gasteiger partial charge is 0.328 e. The van der Waals surface area contributed by atoms with Crippen LogP contribution in [-0.4, -0.2) is 32.9 Å². The Balaban J connectivity index is 1.95. The minimum atomic E-state index is -0.590. The van der Waals surface area contributed by atoms with E-state index in [4.69, 9.17) is 4.42 Å². The highest BCUT2D eigenvalue weighted by atomic mass is 16.3. The quantitative estimate of drug-likeness (QED) is 0.921. The number of aromatic amines is 1. The van der Waals surface area contributed by atoms with E-state index >= 15 is 0 Å². The van der Waals surface area contributed by atoms with Gasteiger partial charge in [-0.1, -0.05) is 0 Å². The number of nitrogens with one attached hydrogen (secondary N) is 1. The van der Waals surface area contributed by atoms with E-state index in [2.05, 4.69) is 4.98 Å². The molecule has 0 spiro atoms. The number of nitrogens with zero attached hydrogens (tertiary/aromatic N) is 2. The Morgan fingerprint density at radius 3 is 2.91 bits per heavy atom. The van der Waals surface area contributed by atoms with Crippen molar-refractivity contribution in [1.29, 1.82) is 0 Å². The van der Waals surface area contributed by atoms with Gasteiger partial charge in [-0.15, -0.1) is 0 Å². The zero-order valence-corrected chi connectivity index (χ0v) is 12.9. The van der Waals surface area contributed by atoms with Crippen LogP contribution in [-0.2, 0) is 6.54 Å². The lowest BCUT2D eigenvalue weighted by atomic mass is 10.0. The number of piperidine rings is 1. The molecule has 0 bridgehead atoms. The molecule has 1 saturated heterocycles. The highest BCUT2D eigenvalue weighted by molar-refractivity contribution is 5.93. The molecule has 1 unspecified atom stereocenters. The molecule has 0 aliphatic carbocycles. The average Bonchev–Trinajstić information content (AvgIpc) is 3.04. The van der Waals surface area contributed by atoms with Gasteiger partial charge in [-0.05, 0) is 38.3 Å². The molecule has 1 amide bonds. The number of hydrogen-bond donors (Lipinski definition) is 1. The molecule has 122 valence electrons. The van der Waals surface area contributed by atoms with Crippen LogP contribution in [0.25, 0.3) is 0 Å². The second-order valence-electron chi connectivity index (χ2n) is 5.82. The second kappa shape index (κ2) is 6.28. The molecule has 7 nitrogen and oxygen atoms in total. The van der Waals surface area contributed by atoms with Crippen LogP contribution in [0.5, 0.6) is 0 Å². The van der Waals surface area contributed by atoms with Crippen LogP contribution in [0.4, 0.5) is 0 Å². The van der Waals surface area contributed by atoms with E-state index in [1.54, 1.807) is 17.0 Å². The van der Waals surface area contributed by atoms with Crippen molar-refractivity contribution in [1.82, 2.24) is 14.5 Å². The van der Waals surface area contributed by atoms with Crippen molar-refractivity contribution in [3.05, 3.63) is 56.8 Å². The monoisotopic (exact) mass is 317 g/mol. The Morgan fingerprint density at radius 1 is 1.39 bits per heavy atom. The van der Waals surface area contributed by atoms with Gasteiger partial charge in [0.05, 0.1) is 12.8 Å². The van der Waals surface area contributed by atoms with Gasteiger partial charge in [0.2, 0.25) is 0 Å². The zero-order chi connectivity index (χ0) is 16.4. The predicted molar refractivity (Wildman–Crippen MR) is 83.5 cm³/mol. The summed E-state index contributed by atoms with van der Waals surface area (Å²) in [5.41, 5.74) is -1.16. The van der Waals surface area contributed by atoms with Crippen molar-refractivity contribution >= 4 is 5.91 Å². The molecule has 0 aromatic carbocycles. The molecule has 1 N–H and O–H groups in total. The summed E-state index contributed by atoms with van der Waals surface area (Å²) in [6.07, 6.45) is 5.63. The normalized spacial score (nSPS) is 18.1. The van der Waals surface area contributed by atoms with E-state index < -0.39 is 11.2 Å². The summed E-state index contributed by atoms with van der Waals surface area (Å²) < 4.78 is 6.16. The summed E-state index contributed by atoms with van der Waals surface area (Å²) in [7, 11) is 0. The number of rotatable bonds is 3. The third-order valence-corrected chi connectivity index (χ3v) is 4.25. The van der Waals surface area contributed by atoms with Crippen molar-refractivity contribution in [2.24, 2.45) is 0 Å². The van der Waals surface area contributed by atoms with Crippen LogP contribution in [0.3, 0.4) is 0 Å². The summed E-state index contributed by atoms with van der Waals surface area (Å²) >= 11 is 0. The summed E-state index contributed by atoms with van der Waals surface area (Å²) in [6.45, 7) is 2.61. The number of amides is 1. The largest absolute Gasteiger partial charge is 0.467 e. The molecule has 2 aromatic heterocycles. The molecule has 1 fully saturated rings. The summed E-state index contributed by atoms with van der Waals surface area (Å²) in [6, 6.07) is 3.45. The van der Waals surface area contributed by atoms with Crippen LogP contribution in [0.2, 0.25) is 0 Å². The molecule has 0 saturated carbocycles. The first-order chi connectivity index (χ1) is 11.1. The van der Waals surface area contributed by atoms with Crippen molar-refractivity contribution in [2.75, 3.05) is 6.54 Å². The molecule has 1 atom stereocenters. The van der Waals surface area contributed by atoms with Crippen LogP contribution in [0.15, 0.2) is 38.6 Å². The topological polar surface area (TPSA) is 88.3 Å². The van der Waals surface area contributed by atoms with E-state index in [9.17, 15) is 14.4 Å². The Morgan fingerprint density at radius 2 is 2.22 bits per heavy atom.